The third-order valence-corrected chi connectivity index (χ3v) is 3.41. The number of aryl methyl sites for hydroxylation is 1. The number of thiazole rings is 1. The van der Waals surface area contributed by atoms with Gasteiger partial charge in [-0.2, -0.15) is 0 Å². The van der Waals surface area contributed by atoms with Gasteiger partial charge in [-0.1, -0.05) is 6.92 Å². The van der Waals surface area contributed by atoms with Crippen LogP contribution in [0, 0.1) is 5.92 Å². The predicted molar refractivity (Wildman–Crippen MR) is 57.6 cm³/mol. The standard InChI is InChI=1S/C10H14N2OS/c1-3-8-6-14-10(11-8)12(2)9(13)7-4-5-7/h6-7H,3-5H2,1-2H3. The number of nitrogens with zero attached hydrogens (tertiary/aromatic N) is 2. The number of anilines is 1. The zero-order valence-corrected chi connectivity index (χ0v) is 9.30. The molecule has 14 heavy (non-hydrogen) atoms. The highest BCUT2D eigenvalue weighted by Gasteiger charge is 2.33. The molecule has 3 nitrogen and oxygen atoms in total. The van der Waals surface area contributed by atoms with Crippen molar-refractivity contribution in [1.82, 2.24) is 4.98 Å². The van der Waals surface area contributed by atoms with Gasteiger partial charge in [-0.3, -0.25) is 9.69 Å². The zero-order chi connectivity index (χ0) is 10.1. The van der Waals surface area contributed by atoms with Gasteiger partial charge in [0.15, 0.2) is 5.13 Å². The van der Waals surface area contributed by atoms with Crippen molar-refractivity contribution >= 4 is 22.4 Å². The maximum absolute atomic E-state index is 11.7. The molecule has 0 atom stereocenters. The summed E-state index contributed by atoms with van der Waals surface area (Å²) in [6.07, 6.45) is 3.03. The first kappa shape index (κ1) is 9.65. The fraction of sp³-hybridized carbons (Fsp3) is 0.600. The number of aromatic nitrogens is 1. The average molecular weight is 210 g/mol. The number of amides is 1. The van der Waals surface area contributed by atoms with E-state index in [-0.39, 0.29) is 11.8 Å². The molecule has 4 heteroatoms. The van der Waals surface area contributed by atoms with Crippen molar-refractivity contribution in [3.8, 4) is 0 Å². The van der Waals surface area contributed by atoms with Crippen LogP contribution in [0.25, 0.3) is 0 Å². The van der Waals surface area contributed by atoms with Crippen molar-refractivity contribution in [3.05, 3.63) is 11.1 Å². The fourth-order valence-electron chi connectivity index (χ4n) is 1.31. The Morgan fingerprint density at radius 1 is 1.71 bits per heavy atom. The average Bonchev–Trinajstić information content (AvgIpc) is 2.94. The normalized spacial score (nSPS) is 15.6. The number of carbonyl (C=O) groups is 1. The van der Waals surface area contributed by atoms with Crippen molar-refractivity contribution in [2.24, 2.45) is 5.92 Å². The first-order valence-corrected chi connectivity index (χ1v) is 5.82. The van der Waals surface area contributed by atoms with E-state index in [0.29, 0.717) is 0 Å². The summed E-state index contributed by atoms with van der Waals surface area (Å²) in [7, 11) is 1.82. The zero-order valence-electron chi connectivity index (χ0n) is 8.49. The lowest BCUT2D eigenvalue weighted by molar-refractivity contribution is -0.119. The molecule has 1 aliphatic carbocycles. The van der Waals surface area contributed by atoms with E-state index >= 15 is 0 Å². The molecule has 0 spiro atoms. The van der Waals surface area contributed by atoms with Crippen LogP contribution in [0.15, 0.2) is 5.38 Å². The second-order valence-electron chi connectivity index (χ2n) is 3.65. The largest absolute Gasteiger partial charge is 0.291 e. The Bertz CT molecular complexity index is 344. The molecule has 1 amide bonds. The maximum atomic E-state index is 11.7. The molecule has 0 aliphatic heterocycles. The third kappa shape index (κ3) is 1.80. The van der Waals surface area contributed by atoms with Crippen LogP contribution in [0.5, 0.6) is 0 Å². The Hall–Kier alpha value is -0.900. The molecule has 1 fully saturated rings. The van der Waals surface area contributed by atoms with Crippen LogP contribution in [0.3, 0.4) is 0 Å². The lowest BCUT2D eigenvalue weighted by Crippen LogP contribution is -2.27. The van der Waals surface area contributed by atoms with E-state index in [4.69, 9.17) is 0 Å². The topological polar surface area (TPSA) is 33.2 Å². The Kier molecular flexibility index (Phi) is 2.54. The predicted octanol–water partition coefficient (Wildman–Crippen LogP) is 2.08. The van der Waals surface area contributed by atoms with E-state index in [1.54, 1.807) is 16.2 Å². The van der Waals surface area contributed by atoms with Gasteiger partial charge in [-0.25, -0.2) is 4.98 Å². The number of hydrogen-bond donors (Lipinski definition) is 0. The van der Waals surface area contributed by atoms with Gasteiger partial charge in [0.05, 0.1) is 5.69 Å². The van der Waals surface area contributed by atoms with E-state index in [9.17, 15) is 4.79 Å². The maximum Gasteiger partial charge on any atom is 0.231 e. The minimum Gasteiger partial charge on any atom is -0.291 e. The summed E-state index contributed by atoms with van der Waals surface area (Å²) >= 11 is 1.55. The summed E-state index contributed by atoms with van der Waals surface area (Å²) in [5.41, 5.74) is 1.07. The summed E-state index contributed by atoms with van der Waals surface area (Å²) in [6.45, 7) is 2.07. The molecular formula is C10H14N2OS. The highest BCUT2D eigenvalue weighted by molar-refractivity contribution is 7.14. The quantitative estimate of drug-likeness (QED) is 0.765. The van der Waals surface area contributed by atoms with E-state index in [1.807, 2.05) is 12.4 Å². The molecule has 0 aromatic carbocycles. The van der Waals surface area contributed by atoms with Crippen LogP contribution in [0.1, 0.15) is 25.5 Å². The molecule has 0 unspecified atom stereocenters. The van der Waals surface area contributed by atoms with Crippen LogP contribution in [0.4, 0.5) is 5.13 Å². The van der Waals surface area contributed by atoms with Crippen molar-refractivity contribution in [1.29, 1.82) is 0 Å². The van der Waals surface area contributed by atoms with Gasteiger partial charge in [-0.05, 0) is 19.3 Å². The van der Waals surface area contributed by atoms with E-state index < -0.39 is 0 Å². The van der Waals surface area contributed by atoms with Crippen molar-refractivity contribution in [2.45, 2.75) is 26.2 Å². The van der Waals surface area contributed by atoms with E-state index in [1.165, 1.54) is 0 Å². The van der Waals surface area contributed by atoms with Gasteiger partial charge in [0, 0.05) is 18.3 Å². The summed E-state index contributed by atoms with van der Waals surface area (Å²) in [5.74, 6) is 0.496. The summed E-state index contributed by atoms with van der Waals surface area (Å²) in [6, 6.07) is 0. The Morgan fingerprint density at radius 2 is 2.43 bits per heavy atom. The van der Waals surface area contributed by atoms with Crippen molar-refractivity contribution in [2.75, 3.05) is 11.9 Å². The number of hydrogen-bond acceptors (Lipinski definition) is 3. The molecule has 1 heterocycles. The minimum atomic E-state index is 0.224. The lowest BCUT2D eigenvalue weighted by Gasteiger charge is -2.12. The molecular weight excluding hydrogens is 196 g/mol. The Morgan fingerprint density at radius 3 is 2.93 bits per heavy atom. The molecule has 0 N–H and O–H groups in total. The fourth-order valence-corrected chi connectivity index (χ4v) is 2.19. The van der Waals surface area contributed by atoms with Crippen LogP contribution >= 0.6 is 11.3 Å². The molecule has 0 radical (unpaired) electrons. The highest BCUT2D eigenvalue weighted by atomic mass is 32.1. The lowest BCUT2D eigenvalue weighted by atomic mass is 10.4. The number of carbonyl (C=O) groups excluding carboxylic acids is 1. The SMILES string of the molecule is CCc1csc(N(C)C(=O)C2CC2)n1. The summed E-state index contributed by atoms with van der Waals surface area (Å²) in [4.78, 5) is 17.8. The van der Waals surface area contributed by atoms with Gasteiger partial charge < -0.3 is 0 Å². The Labute approximate surface area is 87.8 Å². The molecule has 1 saturated carbocycles. The Balaban J connectivity index is 2.09. The van der Waals surface area contributed by atoms with Gasteiger partial charge in [0.25, 0.3) is 0 Å². The molecule has 0 bridgehead atoms. The van der Waals surface area contributed by atoms with E-state index in [2.05, 4.69) is 11.9 Å². The molecule has 0 saturated heterocycles. The molecule has 2 rings (SSSR count). The molecule has 76 valence electrons. The first-order chi connectivity index (χ1) is 6.72. The smallest absolute Gasteiger partial charge is 0.231 e. The van der Waals surface area contributed by atoms with Gasteiger partial charge in [0.1, 0.15) is 0 Å². The summed E-state index contributed by atoms with van der Waals surface area (Å²) in [5, 5.41) is 2.85. The van der Waals surface area contributed by atoms with Crippen molar-refractivity contribution < 1.29 is 4.79 Å². The van der Waals surface area contributed by atoms with Crippen molar-refractivity contribution in [3.63, 3.8) is 0 Å². The van der Waals surface area contributed by atoms with Gasteiger partial charge >= 0.3 is 0 Å². The minimum absolute atomic E-state index is 0.224. The molecule has 1 aliphatic rings. The second-order valence-corrected chi connectivity index (χ2v) is 4.48. The van der Waals surface area contributed by atoms with Crippen LogP contribution in [0.2, 0.25) is 0 Å². The number of rotatable bonds is 3. The monoisotopic (exact) mass is 210 g/mol. The molecule has 1 aromatic rings. The highest BCUT2D eigenvalue weighted by Crippen LogP contribution is 2.32. The van der Waals surface area contributed by atoms with Crippen LogP contribution in [-0.4, -0.2) is 17.9 Å². The molecule has 1 aromatic heterocycles. The first-order valence-electron chi connectivity index (χ1n) is 4.94. The van der Waals surface area contributed by atoms with E-state index in [0.717, 1.165) is 30.1 Å². The second kappa shape index (κ2) is 3.69. The van der Waals surface area contributed by atoms with Gasteiger partial charge in [-0.15, -0.1) is 11.3 Å². The third-order valence-electron chi connectivity index (χ3n) is 2.45. The van der Waals surface area contributed by atoms with Crippen LogP contribution in [-0.2, 0) is 11.2 Å². The van der Waals surface area contributed by atoms with Crippen LogP contribution < -0.4 is 4.90 Å². The summed E-state index contributed by atoms with van der Waals surface area (Å²) < 4.78 is 0. The van der Waals surface area contributed by atoms with Gasteiger partial charge in [0.2, 0.25) is 5.91 Å².